The third-order valence-corrected chi connectivity index (χ3v) is 2.01. The Kier molecular flexibility index (Phi) is 2.58. The van der Waals surface area contributed by atoms with E-state index in [9.17, 15) is 4.79 Å². The van der Waals surface area contributed by atoms with E-state index in [4.69, 9.17) is 14.2 Å². The minimum atomic E-state index is 0.140. The minimum absolute atomic E-state index is 0.140. The van der Waals surface area contributed by atoms with Gasteiger partial charge in [-0.25, -0.2) is 0 Å². The molecule has 0 saturated carbocycles. The van der Waals surface area contributed by atoms with Gasteiger partial charge in [0.1, 0.15) is 17.9 Å². The maximum Gasteiger partial charge on any atom is 0.231 e. The highest BCUT2D eigenvalue weighted by Crippen LogP contribution is 2.39. The monoisotopic (exact) mass is 206 g/mol. The number of fused-ring (bicyclic) bond motifs is 1. The molecule has 1 aromatic rings. The van der Waals surface area contributed by atoms with Crippen LogP contribution in [0.4, 0.5) is 0 Å². The molecule has 0 N–H and O–H groups in total. The van der Waals surface area contributed by atoms with E-state index in [1.54, 1.807) is 18.2 Å². The molecule has 15 heavy (non-hydrogen) atoms. The van der Waals surface area contributed by atoms with E-state index in [-0.39, 0.29) is 6.79 Å². The maximum absolute atomic E-state index is 10.9. The Morgan fingerprint density at radius 3 is 3.07 bits per heavy atom. The molecule has 1 aromatic carbocycles. The molecule has 0 amide bonds. The van der Waals surface area contributed by atoms with Gasteiger partial charge in [-0.05, 0) is 12.1 Å². The molecule has 1 aliphatic rings. The van der Waals surface area contributed by atoms with Crippen LogP contribution in [0.2, 0.25) is 0 Å². The van der Waals surface area contributed by atoms with Gasteiger partial charge in [0, 0.05) is 0 Å². The summed E-state index contributed by atoms with van der Waals surface area (Å²) < 4.78 is 15.6. The second kappa shape index (κ2) is 4.04. The number of benzene rings is 1. The van der Waals surface area contributed by atoms with Gasteiger partial charge in [-0.15, -0.1) is 0 Å². The van der Waals surface area contributed by atoms with Gasteiger partial charge in [0.2, 0.25) is 6.79 Å². The molecule has 0 radical (unpaired) electrons. The van der Waals surface area contributed by atoms with Crippen molar-refractivity contribution in [3.8, 4) is 17.2 Å². The number of aldehydes is 1. The van der Waals surface area contributed by atoms with Gasteiger partial charge in [-0.2, -0.15) is 0 Å². The summed E-state index contributed by atoms with van der Waals surface area (Å²) in [5.41, 5.74) is 0.381. The first-order chi connectivity index (χ1) is 7.36. The average molecular weight is 206 g/mol. The fraction of sp³-hybridized carbons (Fsp3) is 0.182. The summed E-state index contributed by atoms with van der Waals surface area (Å²) in [7, 11) is 0. The third kappa shape index (κ3) is 1.66. The lowest BCUT2D eigenvalue weighted by molar-refractivity contribution is 0.111. The Morgan fingerprint density at radius 2 is 2.33 bits per heavy atom. The molecular formula is C11H10O4. The summed E-state index contributed by atoms with van der Waals surface area (Å²) in [5, 5.41) is 0. The Balaban J connectivity index is 2.38. The van der Waals surface area contributed by atoms with Gasteiger partial charge >= 0.3 is 0 Å². The van der Waals surface area contributed by atoms with Gasteiger partial charge < -0.3 is 14.2 Å². The van der Waals surface area contributed by atoms with Crippen LogP contribution < -0.4 is 14.2 Å². The lowest BCUT2D eigenvalue weighted by atomic mass is 10.2. The van der Waals surface area contributed by atoms with Crippen molar-refractivity contribution >= 4 is 6.29 Å². The second-order valence-corrected chi connectivity index (χ2v) is 2.93. The predicted octanol–water partition coefficient (Wildman–Crippen LogP) is 1.79. The average Bonchev–Trinajstić information content (AvgIpc) is 2.73. The molecule has 1 aliphatic heterocycles. The number of rotatable bonds is 4. The van der Waals surface area contributed by atoms with Crippen LogP contribution in [0.1, 0.15) is 10.4 Å². The SMILES string of the molecule is C=CCOc1ccc2c(c1C=O)OCO2. The molecule has 0 aliphatic carbocycles. The van der Waals surface area contributed by atoms with Crippen LogP contribution >= 0.6 is 0 Å². The van der Waals surface area contributed by atoms with Crippen LogP contribution in [0.25, 0.3) is 0 Å². The molecule has 0 fully saturated rings. The van der Waals surface area contributed by atoms with Gasteiger partial charge in [0.05, 0.1) is 0 Å². The van der Waals surface area contributed by atoms with E-state index in [0.29, 0.717) is 35.7 Å². The van der Waals surface area contributed by atoms with Crippen LogP contribution in [-0.2, 0) is 0 Å². The first-order valence-electron chi connectivity index (χ1n) is 4.48. The third-order valence-electron chi connectivity index (χ3n) is 2.01. The van der Waals surface area contributed by atoms with Crippen LogP contribution in [0.3, 0.4) is 0 Å². The Bertz CT molecular complexity index is 398. The molecule has 0 spiro atoms. The molecule has 0 aromatic heterocycles. The van der Waals surface area contributed by atoms with Gasteiger partial charge in [-0.3, -0.25) is 4.79 Å². The van der Waals surface area contributed by atoms with Crippen molar-refractivity contribution < 1.29 is 19.0 Å². The van der Waals surface area contributed by atoms with E-state index in [0.717, 1.165) is 0 Å². The summed E-state index contributed by atoms with van der Waals surface area (Å²) in [5.74, 6) is 1.50. The Labute approximate surface area is 87.1 Å². The lowest BCUT2D eigenvalue weighted by Gasteiger charge is -2.07. The zero-order chi connectivity index (χ0) is 10.7. The summed E-state index contributed by atoms with van der Waals surface area (Å²) in [4.78, 5) is 10.9. The summed E-state index contributed by atoms with van der Waals surface area (Å²) in [6, 6.07) is 3.40. The molecule has 0 unspecified atom stereocenters. The van der Waals surface area contributed by atoms with E-state index in [2.05, 4.69) is 6.58 Å². The van der Waals surface area contributed by atoms with Crippen molar-refractivity contribution in [1.82, 2.24) is 0 Å². The van der Waals surface area contributed by atoms with Crippen molar-refractivity contribution in [2.75, 3.05) is 13.4 Å². The van der Waals surface area contributed by atoms with E-state index in [1.807, 2.05) is 0 Å². The van der Waals surface area contributed by atoms with Gasteiger partial charge in [-0.1, -0.05) is 12.7 Å². The fourth-order valence-corrected chi connectivity index (χ4v) is 1.36. The Morgan fingerprint density at radius 1 is 1.47 bits per heavy atom. The fourth-order valence-electron chi connectivity index (χ4n) is 1.36. The Hall–Kier alpha value is -1.97. The molecule has 0 saturated heterocycles. The topological polar surface area (TPSA) is 44.8 Å². The van der Waals surface area contributed by atoms with Crippen LogP contribution in [0, 0.1) is 0 Å². The highest BCUT2D eigenvalue weighted by molar-refractivity contribution is 5.85. The molecule has 78 valence electrons. The van der Waals surface area contributed by atoms with Crippen molar-refractivity contribution in [3.63, 3.8) is 0 Å². The number of carbonyl (C=O) groups is 1. The highest BCUT2D eigenvalue weighted by Gasteiger charge is 2.21. The standard InChI is InChI=1S/C11H10O4/c1-2-5-13-9-3-4-10-11(8(9)6-12)15-7-14-10/h2-4,6H,1,5,7H2. The molecule has 4 nitrogen and oxygen atoms in total. The number of hydrogen-bond acceptors (Lipinski definition) is 4. The summed E-state index contributed by atoms with van der Waals surface area (Å²) in [6.07, 6.45) is 2.31. The van der Waals surface area contributed by atoms with E-state index >= 15 is 0 Å². The van der Waals surface area contributed by atoms with Gasteiger partial charge in [0.25, 0.3) is 0 Å². The zero-order valence-electron chi connectivity index (χ0n) is 8.06. The first kappa shape index (κ1) is 9.58. The van der Waals surface area contributed by atoms with Crippen LogP contribution in [-0.4, -0.2) is 19.7 Å². The summed E-state index contributed by atoms with van der Waals surface area (Å²) >= 11 is 0. The smallest absolute Gasteiger partial charge is 0.231 e. The second-order valence-electron chi connectivity index (χ2n) is 2.93. The van der Waals surface area contributed by atoms with Crippen LogP contribution in [0.5, 0.6) is 17.2 Å². The number of carbonyl (C=O) groups excluding carboxylic acids is 1. The van der Waals surface area contributed by atoms with Crippen molar-refractivity contribution in [1.29, 1.82) is 0 Å². The molecule has 0 bridgehead atoms. The van der Waals surface area contributed by atoms with Crippen molar-refractivity contribution in [2.45, 2.75) is 0 Å². The largest absolute Gasteiger partial charge is 0.489 e. The number of hydrogen-bond donors (Lipinski definition) is 0. The number of ether oxygens (including phenoxy) is 3. The van der Waals surface area contributed by atoms with E-state index < -0.39 is 0 Å². The minimum Gasteiger partial charge on any atom is -0.489 e. The molecule has 1 heterocycles. The van der Waals surface area contributed by atoms with Crippen molar-refractivity contribution in [2.24, 2.45) is 0 Å². The molecule has 2 rings (SSSR count). The quantitative estimate of drug-likeness (QED) is 0.556. The predicted molar refractivity (Wildman–Crippen MR) is 53.6 cm³/mol. The van der Waals surface area contributed by atoms with Crippen LogP contribution in [0.15, 0.2) is 24.8 Å². The van der Waals surface area contributed by atoms with Gasteiger partial charge in [0.15, 0.2) is 17.8 Å². The highest BCUT2D eigenvalue weighted by atomic mass is 16.7. The summed E-state index contributed by atoms with van der Waals surface area (Å²) in [6.45, 7) is 4.02. The first-order valence-corrected chi connectivity index (χ1v) is 4.48. The van der Waals surface area contributed by atoms with Crippen molar-refractivity contribution in [3.05, 3.63) is 30.4 Å². The van der Waals surface area contributed by atoms with E-state index in [1.165, 1.54) is 0 Å². The molecular weight excluding hydrogens is 196 g/mol. The molecule has 0 atom stereocenters. The zero-order valence-corrected chi connectivity index (χ0v) is 8.06. The maximum atomic E-state index is 10.9. The molecule has 4 heteroatoms. The normalized spacial score (nSPS) is 12.3. The lowest BCUT2D eigenvalue weighted by Crippen LogP contribution is -1.98.